The normalized spacial score (nSPS) is 13.9. The lowest BCUT2D eigenvalue weighted by molar-refractivity contribution is -0.137. The molecule has 0 aliphatic heterocycles. The molecule has 0 heterocycles. The van der Waals surface area contributed by atoms with E-state index in [9.17, 15) is 18.4 Å². The second kappa shape index (κ2) is 5.85. The average molecular weight is 284 g/mol. The molecular formula is C13H14F2N2O3. The van der Waals surface area contributed by atoms with Crippen LogP contribution in [0, 0.1) is 11.6 Å². The molecule has 0 saturated heterocycles. The second-order valence-electron chi connectivity index (χ2n) is 4.60. The first-order valence-electron chi connectivity index (χ1n) is 6.22. The topological polar surface area (TPSA) is 69.6 Å². The fourth-order valence-corrected chi connectivity index (χ4v) is 1.84. The van der Waals surface area contributed by atoms with Gasteiger partial charge in [-0.25, -0.2) is 13.6 Å². The lowest BCUT2D eigenvalue weighted by Gasteiger charge is -2.22. The molecule has 1 saturated carbocycles. The maximum atomic E-state index is 13.5. The molecule has 0 atom stereocenters. The number of carbonyl (C=O) groups is 2. The Kier molecular flexibility index (Phi) is 4.16. The Morgan fingerprint density at radius 2 is 2.05 bits per heavy atom. The summed E-state index contributed by atoms with van der Waals surface area (Å²) in [7, 11) is 0. The fourth-order valence-electron chi connectivity index (χ4n) is 1.84. The number of carboxylic acids is 1. The molecule has 1 aliphatic carbocycles. The van der Waals surface area contributed by atoms with E-state index >= 15 is 0 Å². The van der Waals surface area contributed by atoms with E-state index < -0.39 is 23.6 Å². The van der Waals surface area contributed by atoms with Crippen LogP contribution in [0.4, 0.5) is 19.3 Å². The van der Waals surface area contributed by atoms with Gasteiger partial charge in [0.05, 0.1) is 12.1 Å². The molecule has 5 nitrogen and oxygen atoms in total. The Morgan fingerprint density at radius 1 is 1.35 bits per heavy atom. The number of rotatable bonds is 5. The van der Waals surface area contributed by atoms with Gasteiger partial charge in [-0.1, -0.05) is 6.07 Å². The van der Waals surface area contributed by atoms with Crippen LogP contribution in [0.2, 0.25) is 0 Å². The highest BCUT2D eigenvalue weighted by molar-refractivity contribution is 5.90. The highest BCUT2D eigenvalue weighted by Crippen LogP contribution is 2.28. The lowest BCUT2D eigenvalue weighted by atomic mass is 10.3. The quantitative estimate of drug-likeness (QED) is 0.872. The fraction of sp³-hybridized carbons (Fsp3) is 0.385. The Hall–Kier alpha value is -2.18. The minimum Gasteiger partial charge on any atom is -0.481 e. The number of nitrogens with one attached hydrogen (secondary N) is 1. The minimum atomic E-state index is -1.13. The SMILES string of the molecule is O=C(O)CCN(C(=O)Nc1cccc(F)c1F)C1CC1. The van der Waals surface area contributed by atoms with Crippen molar-refractivity contribution in [2.45, 2.75) is 25.3 Å². The van der Waals surface area contributed by atoms with Crippen LogP contribution in [-0.4, -0.2) is 34.6 Å². The van der Waals surface area contributed by atoms with Gasteiger partial charge in [0.15, 0.2) is 11.6 Å². The van der Waals surface area contributed by atoms with Crippen LogP contribution in [0.1, 0.15) is 19.3 Å². The molecule has 0 spiro atoms. The zero-order valence-corrected chi connectivity index (χ0v) is 10.6. The Bertz CT molecular complexity index is 532. The van der Waals surface area contributed by atoms with E-state index in [1.807, 2.05) is 0 Å². The number of anilines is 1. The van der Waals surface area contributed by atoms with E-state index in [-0.39, 0.29) is 24.7 Å². The summed E-state index contributed by atoms with van der Waals surface area (Å²) in [5.41, 5.74) is -0.254. The summed E-state index contributed by atoms with van der Waals surface area (Å²) >= 11 is 0. The van der Waals surface area contributed by atoms with Crippen LogP contribution >= 0.6 is 0 Å². The summed E-state index contributed by atoms with van der Waals surface area (Å²) in [6.07, 6.45) is 1.40. The van der Waals surface area contributed by atoms with Crippen molar-refractivity contribution in [2.24, 2.45) is 0 Å². The smallest absolute Gasteiger partial charge is 0.322 e. The van der Waals surface area contributed by atoms with Crippen LogP contribution in [0.15, 0.2) is 18.2 Å². The Labute approximate surface area is 114 Å². The number of carboxylic acid groups (broad SMARTS) is 1. The van der Waals surface area contributed by atoms with Gasteiger partial charge in [-0.05, 0) is 25.0 Å². The average Bonchev–Trinajstić information content (AvgIpc) is 3.19. The van der Waals surface area contributed by atoms with E-state index in [2.05, 4.69) is 5.32 Å². The van der Waals surface area contributed by atoms with Crippen LogP contribution in [0.25, 0.3) is 0 Å². The van der Waals surface area contributed by atoms with E-state index in [0.717, 1.165) is 18.9 Å². The predicted octanol–water partition coefficient (Wildman–Crippen LogP) is 2.44. The molecule has 1 aromatic rings. The number of hydrogen-bond donors (Lipinski definition) is 2. The summed E-state index contributed by atoms with van der Waals surface area (Å²) in [6, 6.07) is 2.85. The van der Waals surface area contributed by atoms with Crippen molar-refractivity contribution in [3.05, 3.63) is 29.8 Å². The number of urea groups is 1. The van der Waals surface area contributed by atoms with Gasteiger partial charge in [-0.3, -0.25) is 4.79 Å². The molecule has 20 heavy (non-hydrogen) atoms. The maximum Gasteiger partial charge on any atom is 0.322 e. The van der Waals surface area contributed by atoms with E-state index in [1.54, 1.807) is 0 Å². The summed E-state index contributed by atoms with van der Waals surface area (Å²) in [5.74, 6) is -3.19. The van der Waals surface area contributed by atoms with Crippen LogP contribution in [-0.2, 0) is 4.79 Å². The van der Waals surface area contributed by atoms with Crippen LogP contribution in [0.5, 0.6) is 0 Å². The number of halogens is 2. The van der Waals surface area contributed by atoms with Crippen molar-refractivity contribution in [1.29, 1.82) is 0 Å². The lowest BCUT2D eigenvalue weighted by Crippen LogP contribution is -2.38. The number of carbonyl (C=O) groups excluding carboxylic acids is 1. The van der Waals surface area contributed by atoms with Gasteiger partial charge in [0.2, 0.25) is 0 Å². The first kappa shape index (κ1) is 14.2. The standard InChI is InChI=1S/C13H14F2N2O3/c14-9-2-1-3-10(12(9)15)16-13(20)17(8-4-5-8)7-6-11(18)19/h1-3,8H,4-7H2,(H,16,20)(H,18,19). The molecular weight excluding hydrogens is 270 g/mol. The maximum absolute atomic E-state index is 13.5. The molecule has 7 heteroatoms. The van der Waals surface area contributed by atoms with Crippen molar-refractivity contribution in [3.8, 4) is 0 Å². The van der Waals surface area contributed by atoms with Crippen molar-refractivity contribution in [1.82, 2.24) is 4.90 Å². The Morgan fingerprint density at radius 3 is 2.65 bits per heavy atom. The Balaban J connectivity index is 2.04. The molecule has 2 rings (SSSR count). The predicted molar refractivity (Wildman–Crippen MR) is 67.4 cm³/mol. The van der Waals surface area contributed by atoms with Gasteiger partial charge in [-0.15, -0.1) is 0 Å². The van der Waals surface area contributed by atoms with Gasteiger partial charge < -0.3 is 15.3 Å². The number of amides is 2. The van der Waals surface area contributed by atoms with Gasteiger partial charge in [-0.2, -0.15) is 0 Å². The number of aliphatic carboxylic acids is 1. The molecule has 1 aliphatic rings. The third-order valence-corrected chi connectivity index (χ3v) is 3.01. The van der Waals surface area contributed by atoms with Gasteiger partial charge >= 0.3 is 12.0 Å². The first-order valence-corrected chi connectivity index (χ1v) is 6.22. The molecule has 1 aromatic carbocycles. The summed E-state index contributed by atoms with van der Waals surface area (Å²) in [6.45, 7) is 0.0444. The van der Waals surface area contributed by atoms with Crippen molar-refractivity contribution in [3.63, 3.8) is 0 Å². The minimum absolute atomic E-state index is 0.0222. The van der Waals surface area contributed by atoms with Crippen molar-refractivity contribution < 1.29 is 23.5 Å². The molecule has 2 amide bonds. The monoisotopic (exact) mass is 284 g/mol. The molecule has 1 fully saturated rings. The first-order chi connectivity index (χ1) is 9.49. The van der Waals surface area contributed by atoms with Crippen molar-refractivity contribution >= 4 is 17.7 Å². The summed E-state index contributed by atoms with van der Waals surface area (Å²) in [5, 5.41) is 10.9. The van der Waals surface area contributed by atoms with E-state index in [0.29, 0.717) is 0 Å². The highest BCUT2D eigenvalue weighted by Gasteiger charge is 2.33. The van der Waals surface area contributed by atoms with Crippen molar-refractivity contribution in [2.75, 3.05) is 11.9 Å². The largest absolute Gasteiger partial charge is 0.481 e. The van der Waals surface area contributed by atoms with Gasteiger partial charge in [0.1, 0.15) is 0 Å². The summed E-state index contributed by atoms with van der Waals surface area (Å²) in [4.78, 5) is 23.9. The number of hydrogen-bond acceptors (Lipinski definition) is 2. The second-order valence-corrected chi connectivity index (χ2v) is 4.60. The van der Waals surface area contributed by atoms with E-state index in [4.69, 9.17) is 5.11 Å². The van der Waals surface area contributed by atoms with Crippen LogP contribution in [0.3, 0.4) is 0 Å². The highest BCUT2D eigenvalue weighted by atomic mass is 19.2. The molecule has 0 aromatic heterocycles. The van der Waals surface area contributed by atoms with Crippen LogP contribution < -0.4 is 5.32 Å². The number of benzene rings is 1. The van der Waals surface area contributed by atoms with Gasteiger partial charge in [0, 0.05) is 12.6 Å². The molecule has 0 unspecified atom stereocenters. The third kappa shape index (κ3) is 3.43. The van der Waals surface area contributed by atoms with E-state index in [1.165, 1.54) is 17.0 Å². The molecule has 2 N–H and O–H groups in total. The zero-order valence-electron chi connectivity index (χ0n) is 10.6. The molecule has 108 valence electrons. The van der Waals surface area contributed by atoms with Gasteiger partial charge in [0.25, 0.3) is 0 Å². The third-order valence-electron chi connectivity index (χ3n) is 3.01. The summed E-state index contributed by atoms with van der Waals surface area (Å²) < 4.78 is 26.5. The molecule has 0 bridgehead atoms. The molecule has 0 radical (unpaired) electrons. The zero-order chi connectivity index (χ0) is 14.7. The number of nitrogens with zero attached hydrogens (tertiary/aromatic N) is 1.